The largest absolute Gasteiger partial charge is 0.550 e. The van der Waals surface area contributed by atoms with Crippen LogP contribution in [-0.2, 0) is 20.9 Å². The molecular weight excluding hydrogens is 460 g/mol. The molecule has 0 aliphatic rings. The van der Waals surface area contributed by atoms with Gasteiger partial charge in [-0.15, -0.1) is 0 Å². The minimum absolute atomic E-state index is 0.143. The molecule has 1 N–H and O–H groups in total. The highest BCUT2D eigenvalue weighted by Crippen LogP contribution is 2.30. The molecular formula is C23H34F4N2O5. The minimum atomic E-state index is -1.60. The van der Waals surface area contributed by atoms with E-state index in [1.807, 2.05) is 21.1 Å². The molecule has 0 radical (unpaired) electrons. The van der Waals surface area contributed by atoms with Gasteiger partial charge in [-0.3, -0.25) is 4.79 Å². The summed E-state index contributed by atoms with van der Waals surface area (Å²) in [4.78, 5) is 23.0. The lowest BCUT2D eigenvalue weighted by Gasteiger charge is -2.30. The van der Waals surface area contributed by atoms with Gasteiger partial charge in [-0.2, -0.15) is 8.78 Å². The summed E-state index contributed by atoms with van der Waals surface area (Å²) in [5.41, 5.74) is -0.830. The van der Waals surface area contributed by atoms with Crippen LogP contribution in [0.1, 0.15) is 50.5 Å². The molecule has 0 aliphatic carbocycles. The molecule has 34 heavy (non-hydrogen) atoms. The summed E-state index contributed by atoms with van der Waals surface area (Å²) in [6.07, 6.45) is 3.48. The van der Waals surface area contributed by atoms with Gasteiger partial charge in [0.15, 0.2) is 17.4 Å². The molecule has 0 fully saturated rings. The van der Waals surface area contributed by atoms with Crippen LogP contribution in [0.4, 0.5) is 17.6 Å². The molecule has 0 aromatic heterocycles. The number of methoxy groups -OCH3 is 1. The van der Waals surface area contributed by atoms with Crippen LogP contribution < -0.4 is 15.2 Å². The molecule has 0 saturated heterocycles. The van der Waals surface area contributed by atoms with E-state index in [-0.39, 0.29) is 25.4 Å². The number of hydrogen-bond acceptors (Lipinski definition) is 5. The molecule has 1 atom stereocenters. The average Bonchev–Trinajstić information content (AvgIpc) is 2.72. The molecule has 0 bridgehead atoms. The predicted molar refractivity (Wildman–Crippen MR) is 115 cm³/mol. The van der Waals surface area contributed by atoms with Gasteiger partial charge in [0, 0.05) is 25.4 Å². The number of carboxylic acids is 1. The van der Waals surface area contributed by atoms with Crippen LogP contribution in [0, 0.1) is 23.3 Å². The molecule has 194 valence electrons. The fourth-order valence-electron chi connectivity index (χ4n) is 3.48. The lowest BCUT2D eigenvalue weighted by molar-refractivity contribution is -0.871. The van der Waals surface area contributed by atoms with Gasteiger partial charge >= 0.3 is 0 Å². The van der Waals surface area contributed by atoms with E-state index in [1.54, 1.807) is 0 Å². The monoisotopic (exact) mass is 494 g/mol. The van der Waals surface area contributed by atoms with Crippen LogP contribution in [0.2, 0.25) is 0 Å². The Morgan fingerprint density at radius 2 is 1.50 bits per heavy atom. The summed E-state index contributed by atoms with van der Waals surface area (Å²) in [5, 5.41) is 13.6. The van der Waals surface area contributed by atoms with Gasteiger partial charge in [0.05, 0.1) is 53.0 Å². The lowest BCUT2D eigenvalue weighted by Crippen LogP contribution is -2.50. The summed E-state index contributed by atoms with van der Waals surface area (Å²) in [6, 6.07) is -0.503. The van der Waals surface area contributed by atoms with Gasteiger partial charge in [0.2, 0.25) is 17.5 Å². The Kier molecular flexibility index (Phi) is 12.3. The molecule has 0 saturated carbocycles. The molecule has 0 aliphatic heterocycles. The molecule has 11 heteroatoms. The molecule has 1 aromatic rings. The normalized spacial score (nSPS) is 12.5. The van der Waals surface area contributed by atoms with Gasteiger partial charge in [0.1, 0.15) is 0 Å². The number of carboxylic acid groups (broad SMARTS) is 1. The highest BCUT2D eigenvalue weighted by atomic mass is 19.2. The van der Waals surface area contributed by atoms with E-state index in [1.165, 1.54) is 0 Å². The topological polar surface area (TPSA) is 87.7 Å². The maximum Gasteiger partial charge on any atom is 0.220 e. The van der Waals surface area contributed by atoms with Crippen LogP contribution in [0.15, 0.2) is 0 Å². The number of carbonyl (C=O) groups is 2. The SMILES string of the molecule is COc1c(F)c(F)c(COCCCCCCCC(=O)NC(CC(=O)[O-])C[N+](C)(C)C)c(F)c1F. The van der Waals surface area contributed by atoms with Crippen molar-refractivity contribution in [2.75, 3.05) is 41.4 Å². The van der Waals surface area contributed by atoms with Gasteiger partial charge in [-0.1, -0.05) is 19.3 Å². The maximum atomic E-state index is 13.9. The number of likely N-dealkylation sites (N-methyl/N-ethyl adjacent to an activating group) is 1. The van der Waals surface area contributed by atoms with Crippen molar-refractivity contribution in [3.8, 4) is 5.75 Å². The number of nitrogens with zero attached hydrogens (tertiary/aromatic N) is 1. The third-order valence-corrected chi connectivity index (χ3v) is 5.00. The first-order valence-corrected chi connectivity index (χ1v) is 11.1. The quantitative estimate of drug-likeness (QED) is 0.165. The summed E-state index contributed by atoms with van der Waals surface area (Å²) < 4.78 is 65.1. The number of rotatable bonds is 16. The second-order valence-corrected chi connectivity index (χ2v) is 9.15. The molecule has 1 amide bonds. The Labute approximate surface area is 197 Å². The Balaban J connectivity index is 2.27. The van der Waals surface area contributed by atoms with Gasteiger partial charge in [0.25, 0.3) is 0 Å². The van der Waals surface area contributed by atoms with Crippen LogP contribution in [0.3, 0.4) is 0 Å². The number of unbranched alkanes of at least 4 members (excludes halogenated alkanes) is 4. The number of ether oxygens (including phenoxy) is 2. The Hall–Kier alpha value is -2.40. The minimum Gasteiger partial charge on any atom is -0.550 e. The van der Waals surface area contributed by atoms with Gasteiger partial charge in [-0.05, 0) is 12.8 Å². The van der Waals surface area contributed by atoms with E-state index in [2.05, 4.69) is 10.1 Å². The van der Waals surface area contributed by atoms with Crippen molar-refractivity contribution >= 4 is 11.9 Å². The Morgan fingerprint density at radius 3 is 2.03 bits per heavy atom. The van der Waals surface area contributed by atoms with Crippen LogP contribution in [-0.4, -0.2) is 63.8 Å². The van der Waals surface area contributed by atoms with Crippen molar-refractivity contribution in [1.82, 2.24) is 5.32 Å². The summed E-state index contributed by atoms with van der Waals surface area (Å²) >= 11 is 0. The number of aliphatic carboxylic acids is 1. The van der Waals surface area contributed by atoms with Gasteiger partial charge in [-0.25, -0.2) is 8.78 Å². The number of nitrogens with one attached hydrogen (secondary N) is 1. The summed E-state index contributed by atoms with van der Waals surface area (Å²) in [6.45, 7) is -0.0100. The van der Waals surface area contributed by atoms with Crippen molar-refractivity contribution < 1.29 is 46.2 Å². The van der Waals surface area contributed by atoms with E-state index in [0.29, 0.717) is 23.9 Å². The van der Waals surface area contributed by atoms with Crippen LogP contribution in [0.5, 0.6) is 5.75 Å². The standard InChI is InChI=1S/C23H34F4N2O5/c1-29(2,3)13-15(12-18(31)32)28-17(30)10-8-6-5-7-9-11-34-14-16-19(24)21(26)23(33-4)22(27)20(16)25/h15H,5-14H2,1-4H3,(H-,28,30,31,32). The van der Waals surface area contributed by atoms with E-state index in [0.717, 1.165) is 26.4 Å². The molecule has 7 nitrogen and oxygen atoms in total. The second-order valence-electron chi connectivity index (χ2n) is 9.15. The molecule has 0 spiro atoms. The molecule has 1 aromatic carbocycles. The number of halogens is 4. The fraction of sp³-hybridized carbons (Fsp3) is 0.652. The predicted octanol–water partition coefficient (Wildman–Crippen LogP) is 2.44. The summed E-state index contributed by atoms with van der Waals surface area (Å²) in [7, 11) is 6.61. The number of quaternary nitrogens is 1. The number of hydrogen-bond donors (Lipinski definition) is 1. The Morgan fingerprint density at radius 1 is 0.941 bits per heavy atom. The van der Waals surface area contributed by atoms with Crippen molar-refractivity contribution in [3.05, 3.63) is 28.8 Å². The summed E-state index contributed by atoms with van der Waals surface area (Å²) in [5.74, 6) is -8.84. The number of benzene rings is 1. The molecule has 1 rings (SSSR count). The third kappa shape index (κ3) is 10.3. The first kappa shape index (κ1) is 29.6. The van der Waals surface area contributed by atoms with Gasteiger partial charge < -0.3 is 29.2 Å². The molecule has 1 unspecified atom stereocenters. The van der Waals surface area contributed by atoms with Crippen LogP contribution >= 0.6 is 0 Å². The zero-order valence-electron chi connectivity index (χ0n) is 20.1. The van der Waals surface area contributed by atoms with E-state index >= 15 is 0 Å². The smallest absolute Gasteiger partial charge is 0.220 e. The van der Waals surface area contributed by atoms with E-state index in [4.69, 9.17) is 4.74 Å². The molecule has 0 heterocycles. The zero-order chi connectivity index (χ0) is 25.9. The highest BCUT2D eigenvalue weighted by Gasteiger charge is 2.26. The second kappa shape index (κ2) is 14.1. The van der Waals surface area contributed by atoms with Crippen molar-refractivity contribution in [3.63, 3.8) is 0 Å². The maximum absolute atomic E-state index is 13.9. The number of carbonyl (C=O) groups excluding carboxylic acids is 2. The average molecular weight is 495 g/mol. The first-order chi connectivity index (χ1) is 15.9. The van der Waals surface area contributed by atoms with E-state index < -0.39 is 53.2 Å². The fourth-order valence-corrected chi connectivity index (χ4v) is 3.48. The van der Waals surface area contributed by atoms with Crippen LogP contribution in [0.25, 0.3) is 0 Å². The highest BCUT2D eigenvalue weighted by molar-refractivity contribution is 5.77. The lowest BCUT2D eigenvalue weighted by atomic mass is 10.1. The third-order valence-electron chi connectivity index (χ3n) is 5.00. The van der Waals surface area contributed by atoms with Crippen molar-refractivity contribution in [2.45, 2.75) is 57.6 Å². The number of amides is 1. The van der Waals surface area contributed by atoms with Crippen molar-refractivity contribution in [2.24, 2.45) is 0 Å². The Bertz CT molecular complexity index is 802. The van der Waals surface area contributed by atoms with Crippen molar-refractivity contribution in [1.29, 1.82) is 0 Å². The first-order valence-electron chi connectivity index (χ1n) is 11.1. The zero-order valence-corrected chi connectivity index (χ0v) is 20.1. The van der Waals surface area contributed by atoms with E-state index in [9.17, 15) is 32.3 Å².